The lowest BCUT2D eigenvalue weighted by Crippen LogP contribution is -2.31. The average molecular weight is 712 g/mol. The molecule has 3 aromatic carbocycles. The van der Waals surface area contributed by atoms with E-state index in [0.29, 0.717) is 48.0 Å². The van der Waals surface area contributed by atoms with Crippen molar-refractivity contribution in [3.05, 3.63) is 101 Å². The van der Waals surface area contributed by atoms with Crippen molar-refractivity contribution < 1.29 is 19.4 Å². The zero-order chi connectivity index (χ0) is 37.5. The normalized spacial score (nSPS) is 12.0. The van der Waals surface area contributed by atoms with Gasteiger partial charge in [-0.05, 0) is 103 Å². The van der Waals surface area contributed by atoms with Gasteiger partial charge in [0.15, 0.2) is 11.4 Å². The molecular formula is C42H45N7O4. The number of carboxylic acids is 1. The summed E-state index contributed by atoms with van der Waals surface area (Å²) in [5.41, 5.74) is 9.91. The van der Waals surface area contributed by atoms with E-state index in [-0.39, 0.29) is 19.1 Å². The molecule has 0 saturated heterocycles. The van der Waals surface area contributed by atoms with Crippen molar-refractivity contribution >= 4 is 39.5 Å². The van der Waals surface area contributed by atoms with Gasteiger partial charge >= 0.3 is 5.97 Å². The third-order valence-electron chi connectivity index (χ3n) is 9.66. The number of hydrogen-bond acceptors (Lipinski definition) is 10. The largest absolute Gasteiger partial charge is 0.481 e. The number of aliphatic hydroxyl groups is 1. The van der Waals surface area contributed by atoms with Crippen molar-refractivity contribution in [2.75, 3.05) is 25.0 Å². The molecule has 3 heterocycles. The van der Waals surface area contributed by atoms with Gasteiger partial charge in [-0.25, -0.2) is 9.97 Å². The van der Waals surface area contributed by atoms with Crippen LogP contribution in [0.3, 0.4) is 0 Å². The predicted molar refractivity (Wildman–Crippen MR) is 208 cm³/mol. The fourth-order valence-electron chi connectivity index (χ4n) is 6.72. The number of oxazole rings is 1. The molecule has 0 amide bonds. The van der Waals surface area contributed by atoms with Gasteiger partial charge in [-0.1, -0.05) is 38.1 Å². The maximum Gasteiger partial charge on any atom is 0.304 e. The number of anilines is 2. The maximum atomic E-state index is 11.2. The number of aliphatic hydroxyl groups excluding tert-OH is 1. The van der Waals surface area contributed by atoms with Crippen LogP contribution in [0.25, 0.3) is 44.6 Å². The number of carboxylic acid groups (broad SMARTS) is 1. The van der Waals surface area contributed by atoms with Crippen LogP contribution in [0.4, 0.5) is 11.5 Å². The summed E-state index contributed by atoms with van der Waals surface area (Å²) in [6.07, 6.45) is 5.41. The number of fused-ring (bicyclic) bond motifs is 2. The number of benzene rings is 3. The van der Waals surface area contributed by atoms with Crippen LogP contribution >= 0.6 is 0 Å². The van der Waals surface area contributed by atoms with Gasteiger partial charge in [-0.15, -0.1) is 0 Å². The molecule has 6 aromatic rings. The highest BCUT2D eigenvalue weighted by Gasteiger charge is 2.19. The lowest BCUT2D eigenvalue weighted by atomic mass is 9.93. The van der Waals surface area contributed by atoms with Gasteiger partial charge < -0.3 is 25.3 Å². The number of nitriles is 1. The molecule has 0 unspecified atom stereocenters. The number of pyridine rings is 2. The molecule has 272 valence electrons. The minimum absolute atomic E-state index is 0.0470. The van der Waals surface area contributed by atoms with Gasteiger partial charge in [-0.3, -0.25) is 14.7 Å². The minimum Gasteiger partial charge on any atom is -0.481 e. The molecule has 0 aliphatic heterocycles. The first-order chi connectivity index (χ1) is 25.7. The van der Waals surface area contributed by atoms with E-state index in [1.165, 1.54) is 0 Å². The molecule has 53 heavy (non-hydrogen) atoms. The molecule has 1 atom stereocenters. The lowest BCUT2D eigenvalue weighted by molar-refractivity contribution is -0.137. The summed E-state index contributed by atoms with van der Waals surface area (Å²) < 4.78 is 6.29. The van der Waals surface area contributed by atoms with Crippen LogP contribution in [0.5, 0.6) is 0 Å². The van der Waals surface area contributed by atoms with Gasteiger partial charge in [-0.2, -0.15) is 5.26 Å². The topological polar surface area (TPSA) is 160 Å². The van der Waals surface area contributed by atoms with Gasteiger partial charge in [0.2, 0.25) is 5.89 Å². The Hall–Kier alpha value is -5.67. The van der Waals surface area contributed by atoms with Crippen LogP contribution in [-0.2, 0) is 17.9 Å². The Bertz CT molecular complexity index is 2290. The first-order valence-electron chi connectivity index (χ1n) is 18.0. The molecule has 0 bridgehead atoms. The molecule has 0 spiro atoms. The molecule has 0 aliphatic carbocycles. The summed E-state index contributed by atoms with van der Waals surface area (Å²) in [7, 11) is 0. The summed E-state index contributed by atoms with van der Waals surface area (Å²) >= 11 is 0. The van der Waals surface area contributed by atoms with E-state index in [1.807, 2.05) is 62.5 Å². The Labute approximate surface area is 309 Å². The summed E-state index contributed by atoms with van der Waals surface area (Å²) in [5.74, 6) is 0.255. The summed E-state index contributed by atoms with van der Waals surface area (Å²) in [6.45, 7) is 10.6. The predicted octanol–water partition coefficient (Wildman–Crippen LogP) is 7.88. The van der Waals surface area contributed by atoms with Crippen molar-refractivity contribution in [2.24, 2.45) is 0 Å². The van der Waals surface area contributed by atoms with E-state index >= 15 is 0 Å². The van der Waals surface area contributed by atoms with Crippen molar-refractivity contribution in [1.82, 2.24) is 25.2 Å². The second-order valence-electron chi connectivity index (χ2n) is 13.4. The highest BCUT2D eigenvalue weighted by atomic mass is 16.4. The number of hydrogen-bond donors (Lipinski definition) is 4. The highest BCUT2D eigenvalue weighted by molar-refractivity contribution is 5.91. The molecule has 6 rings (SSSR count). The van der Waals surface area contributed by atoms with E-state index in [2.05, 4.69) is 58.6 Å². The van der Waals surface area contributed by atoms with Crippen LogP contribution in [0.15, 0.2) is 77.5 Å². The zero-order valence-corrected chi connectivity index (χ0v) is 30.6. The number of aliphatic carboxylic acids is 1. The van der Waals surface area contributed by atoms with E-state index < -0.39 is 5.97 Å². The third-order valence-corrected chi connectivity index (χ3v) is 9.66. The second-order valence-corrected chi connectivity index (χ2v) is 13.4. The number of aromatic nitrogens is 3. The monoisotopic (exact) mass is 711 g/mol. The van der Waals surface area contributed by atoms with Gasteiger partial charge in [0, 0.05) is 54.7 Å². The average Bonchev–Trinajstić information content (AvgIpc) is 3.59. The Balaban J connectivity index is 1.28. The lowest BCUT2D eigenvalue weighted by Gasteiger charge is -2.20. The van der Waals surface area contributed by atoms with Crippen molar-refractivity contribution in [1.29, 1.82) is 5.26 Å². The summed E-state index contributed by atoms with van der Waals surface area (Å²) in [5, 5.41) is 36.7. The van der Waals surface area contributed by atoms with Crippen molar-refractivity contribution in [3.63, 3.8) is 0 Å². The Morgan fingerprint density at radius 2 is 1.75 bits per heavy atom. The van der Waals surface area contributed by atoms with Crippen LogP contribution in [0.1, 0.15) is 60.9 Å². The van der Waals surface area contributed by atoms with Gasteiger partial charge in [0.25, 0.3) is 0 Å². The zero-order valence-electron chi connectivity index (χ0n) is 30.6. The Kier molecular flexibility index (Phi) is 11.7. The van der Waals surface area contributed by atoms with Crippen LogP contribution < -0.4 is 10.6 Å². The van der Waals surface area contributed by atoms with E-state index in [0.717, 1.165) is 74.9 Å². The van der Waals surface area contributed by atoms with E-state index in [4.69, 9.17) is 14.4 Å². The molecule has 0 fully saturated rings. The highest BCUT2D eigenvalue weighted by Crippen LogP contribution is 2.37. The quantitative estimate of drug-likeness (QED) is 0.0773. The Morgan fingerprint density at radius 3 is 2.49 bits per heavy atom. The maximum absolute atomic E-state index is 11.2. The third kappa shape index (κ3) is 8.36. The standard InChI is InChI=1S/C42H45N7O4/c1-5-16-49(17-14-38(51)52)24-28-18-31(21-43)40-37(20-28)48-42(53-40)35-11-7-9-33(26(35)3)34-10-8-12-36(27(34)4)47-41-39-30(13-15-44-41)19-29(23-46-39)22-45-32(6-2)25-50/h7-13,15,18-20,23,32,45,50H,5-6,14,16-17,22,24-25H2,1-4H3,(H,44,47)(H,51,52)/t32-/m0/s1. The number of nitrogens with one attached hydrogen (secondary N) is 2. The Morgan fingerprint density at radius 1 is 0.981 bits per heavy atom. The molecule has 0 saturated carbocycles. The van der Waals surface area contributed by atoms with Gasteiger partial charge in [0.1, 0.15) is 17.1 Å². The first-order valence-corrected chi connectivity index (χ1v) is 18.0. The van der Waals surface area contributed by atoms with Crippen LogP contribution in [0, 0.1) is 25.2 Å². The number of carbonyl (C=O) groups is 1. The molecule has 4 N–H and O–H groups in total. The molecule has 11 heteroatoms. The first kappa shape index (κ1) is 37.1. The van der Waals surface area contributed by atoms with E-state index in [1.54, 1.807) is 6.20 Å². The minimum atomic E-state index is -0.834. The molecule has 3 aromatic heterocycles. The molecular weight excluding hydrogens is 667 g/mol. The SMILES string of the molecule is CCCN(CCC(=O)O)Cc1cc(C#N)c2oc(-c3cccc(-c4cccc(Nc5nccc6cc(CN[C@@H](CC)CO)cnc56)c4C)c3C)nc2c1. The van der Waals surface area contributed by atoms with Crippen molar-refractivity contribution in [3.8, 4) is 28.7 Å². The summed E-state index contributed by atoms with van der Waals surface area (Å²) in [4.78, 5) is 27.6. The number of rotatable bonds is 16. The van der Waals surface area contributed by atoms with Crippen LogP contribution in [-0.4, -0.2) is 61.8 Å². The molecule has 0 radical (unpaired) electrons. The van der Waals surface area contributed by atoms with Gasteiger partial charge in [0.05, 0.1) is 18.6 Å². The number of nitrogens with zero attached hydrogens (tertiary/aromatic N) is 5. The fourth-order valence-corrected chi connectivity index (χ4v) is 6.72. The van der Waals surface area contributed by atoms with E-state index in [9.17, 15) is 20.3 Å². The second kappa shape index (κ2) is 16.8. The van der Waals surface area contributed by atoms with Crippen LogP contribution in [0.2, 0.25) is 0 Å². The molecule has 0 aliphatic rings. The smallest absolute Gasteiger partial charge is 0.304 e. The summed E-state index contributed by atoms with van der Waals surface area (Å²) in [6, 6.07) is 22.3. The molecule has 11 nitrogen and oxygen atoms in total. The van der Waals surface area contributed by atoms with Crippen molar-refractivity contribution in [2.45, 2.75) is 66.1 Å². The fraction of sp³-hybridized carbons (Fsp3) is 0.310.